The van der Waals surface area contributed by atoms with Crippen molar-refractivity contribution >= 4 is 5.97 Å². The quantitative estimate of drug-likeness (QED) is 0.883. The van der Waals surface area contributed by atoms with E-state index >= 15 is 0 Å². The fourth-order valence-electron chi connectivity index (χ4n) is 2.66. The van der Waals surface area contributed by atoms with E-state index in [0.717, 1.165) is 17.7 Å². The maximum atomic E-state index is 11.3. The molecule has 1 aliphatic heterocycles. The molecule has 2 rings (SSSR count). The topological polar surface area (TPSA) is 59.0 Å². The first-order valence-electron chi connectivity index (χ1n) is 6.81. The first-order chi connectivity index (χ1) is 9.63. The minimum absolute atomic E-state index is 0.122. The van der Waals surface area contributed by atoms with Crippen LogP contribution in [0.4, 0.5) is 0 Å². The molecule has 0 aromatic heterocycles. The first kappa shape index (κ1) is 14.8. The summed E-state index contributed by atoms with van der Waals surface area (Å²) >= 11 is 0. The summed E-state index contributed by atoms with van der Waals surface area (Å²) in [4.78, 5) is 13.3. The number of morpholine rings is 1. The summed E-state index contributed by atoms with van der Waals surface area (Å²) in [6, 6.07) is 7.41. The van der Waals surface area contributed by atoms with Gasteiger partial charge in [-0.3, -0.25) is 9.69 Å². The van der Waals surface area contributed by atoms with Crippen LogP contribution < -0.4 is 4.74 Å². The molecule has 1 aromatic carbocycles. The van der Waals surface area contributed by atoms with Gasteiger partial charge in [0.2, 0.25) is 0 Å². The number of aliphatic carboxylic acids is 1. The zero-order chi connectivity index (χ0) is 14.5. The average Bonchev–Trinajstić information content (AvgIpc) is 2.47. The Morgan fingerprint density at radius 1 is 1.55 bits per heavy atom. The fraction of sp³-hybridized carbons (Fsp3) is 0.533. The van der Waals surface area contributed by atoms with Crippen molar-refractivity contribution in [1.82, 2.24) is 4.90 Å². The summed E-state index contributed by atoms with van der Waals surface area (Å²) in [5.74, 6) is 0.0241. The zero-order valence-electron chi connectivity index (χ0n) is 11.9. The molecule has 1 aromatic rings. The van der Waals surface area contributed by atoms with Gasteiger partial charge in [0.05, 0.1) is 20.3 Å². The number of ether oxygens (including phenoxy) is 2. The second-order valence-corrected chi connectivity index (χ2v) is 5.03. The molecule has 1 saturated heterocycles. The van der Waals surface area contributed by atoms with E-state index in [2.05, 4.69) is 0 Å². The van der Waals surface area contributed by atoms with Crippen molar-refractivity contribution in [2.75, 3.05) is 26.9 Å². The number of para-hydroxylation sites is 1. The maximum absolute atomic E-state index is 11.3. The van der Waals surface area contributed by atoms with Crippen LogP contribution >= 0.6 is 0 Å². The van der Waals surface area contributed by atoms with Crippen LogP contribution in [0, 0.1) is 0 Å². The first-order valence-corrected chi connectivity index (χ1v) is 6.81. The summed E-state index contributed by atoms with van der Waals surface area (Å²) in [7, 11) is 1.65. The van der Waals surface area contributed by atoms with E-state index < -0.39 is 12.0 Å². The summed E-state index contributed by atoms with van der Waals surface area (Å²) in [6.07, 6.45) is 0.758. The van der Waals surface area contributed by atoms with Crippen molar-refractivity contribution < 1.29 is 19.4 Å². The number of methoxy groups -OCH3 is 1. The molecule has 5 heteroatoms. The van der Waals surface area contributed by atoms with Crippen LogP contribution in [-0.2, 0) is 16.0 Å². The van der Waals surface area contributed by atoms with Gasteiger partial charge in [-0.1, -0.05) is 18.2 Å². The molecule has 2 atom stereocenters. The second kappa shape index (κ2) is 6.72. The predicted molar refractivity (Wildman–Crippen MR) is 75.1 cm³/mol. The van der Waals surface area contributed by atoms with Gasteiger partial charge in [0.1, 0.15) is 11.8 Å². The lowest BCUT2D eigenvalue weighted by Crippen LogP contribution is -2.54. The number of carbonyl (C=O) groups is 1. The molecule has 20 heavy (non-hydrogen) atoms. The highest BCUT2D eigenvalue weighted by atomic mass is 16.5. The van der Waals surface area contributed by atoms with Crippen molar-refractivity contribution in [3.05, 3.63) is 29.8 Å². The normalized spacial score (nSPS) is 21.4. The summed E-state index contributed by atoms with van der Waals surface area (Å²) < 4.78 is 10.6. The largest absolute Gasteiger partial charge is 0.496 e. The molecule has 5 nitrogen and oxygen atoms in total. The van der Waals surface area contributed by atoms with Crippen LogP contribution in [0.15, 0.2) is 24.3 Å². The molecule has 0 radical (unpaired) electrons. The molecule has 1 heterocycles. The van der Waals surface area contributed by atoms with Crippen molar-refractivity contribution in [1.29, 1.82) is 0 Å². The Morgan fingerprint density at radius 3 is 3.00 bits per heavy atom. The average molecular weight is 279 g/mol. The van der Waals surface area contributed by atoms with Gasteiger partial charge >= 0.3 is 5.97 Å². The number of hydrogen-bond donors (Lipinski definition) is 1. The fourth-order valence-corrected chi connectivity index (χ4v) is 2.66. The number of hydrogen-bond acceptors (Lipinski definition) is 4. The van der Waals surface area contributed by atoms with Crippen LogP contribution in [0.5, 0.6) is 5.75 Å². The van der Waals surface area contributed by atoms with E-state index in [-0.39, 0.29) is 12.6 Å². The number of benzene rings is 1. The van der Waals surface area contributed by atoms with Crippen molar-refractivity contribution in [3.8, 4) is 5.75 Å². The molecule has 0 amide bonds. The molecule has 1 N–H and O–H groups in total. The highest BCUT2D eigenvalue weighted by Crippen LogP contribution is 2.22. The molecule has 0 aliphatic carbocycles. The Hall–Kier alpha value is -1.59. The Labute approximate surface area is 119 Å². The van der Waals surface area contributed by atoms with E-state index in [1.807, 2.05) is 36.1 Å². The summed E-state index contributed by atoms with van der Waals surface area (Å²) in [5.41, 5.74) is 1.10. The molecular weight excluding hydrogens is 258 g/mol. The zero-order valence-corrected chi connectivity index (χ0v) is 11.9. The van der Waals surface area contributed by atoms with Gasteiger partial charge in [0, 0.05) is 12.6 Å². The van der Waals surface area contributed by atoms with Crippen molar-refractivity contribution in [3.63, 3.8) is 0 Å². The van der Waals surface area contributed by atoms with Crippen LogP contribution in [0.25, 0.3) is 0 Å². The summed E-state index contributed by atoms with van der Waals surface area (Å²) in [6.45, 7) is 3.53. The minimum Gasteiger partial charge on any atom is -0.496 e. The Morgan fingerprint density at radius 2 is 2.30 bits per heavy atom. The molecule has 0 saturated carbocycles. The van der Waals surface area contributed by atoms with E-state index in [0.29, 0.717) is 13.2 Å². The van der Waals surface area contributed by atoms with Crippen molar-refractivity contribution in [2.24, 2.45) is 0 Å². The predicted octanol–water partition coefficient (Wildman–Crippen LogP) is 1.41. The van der Waals surface area contributed by atoms with Crippen LogP contribution in [0.1, 0.15) is 12.5 Å². The van der Waals surface area contributed by atoms with Gasteiger partial charge in [-0.15, -0.1) is 0 Å². The number of carboxylic acids is 1. The third-order valence-electron chi connectivity index (χ3n) is 3.73. The van der Waals surface area contributed by atoms with Gasteiger partial charge in [-0.2, -0.15) is 0 Å². The van der Waals surface area contributed by atoms with Gasteiger partial charge in [-0.05, 0) is 25.0 Å². The smallest absolute Gasteiger partial charge is 0.323 e. The highest BCUT2D eigenvalue weighted by molar-refractivity contribution is 5.73. The molecule has 2 unspecified atom stereocenters. The lowest BCUT2D eigenvalue weighted by Gasteiger charge is -2.37. The van der Waals surface area contributed by atoms with E-state index in [1.54, 1.807) is 7.11 Å². The number of carboxylic acid groups (broad SMARTS) is 1. The van der Waals surface area contributed by atoms with Gasteiger partial charge < -0.3 is 14.6 Å². The molecule has 0 bridgehead atoms. The summed E-state index contributed by atoms with van der Waals surface area (Å²) in [5, 5.41) is 9.28. The van der Waals surface area contributed by atoms with Crippen LogP contribution in [0.3, 0.4) is 0 Å². The highest BCUT2D eigenvalue weighted by Gasteiger charge is 2.32. The minimum atomic E-state index is -0.823. The monoisotopic (exact) mass is 279 g/mol. The number of rotatable bonds is 5. The van der Waals surface area contributed by atoms with E-state index in [4.69, 9.17) is 9.47 Å². The Bertz CT molecular complexity index is 463. The van der Waals surface area contributed by atoms with Crippen LogP contribution in [0.2, 0.25) is 0 Å². The molecule has 0 spiro atoms. The van der Waals surface area contributed by atoms with Gasteiger partial charge in [0.15, 0.2) is 0 Å². The Kier molecular flexibility index (Phi) is 4.98. The van der Waals surface area contributed by atoms with E-state index in [1.165, 1.54) is 0 Å². The standard InChI is InChI=1S/C15H21NO4/c1-11(9-12-5-3-4-6-14(12)19-2)16-7-8-20-10-13(16)15(17)18/h3-6,11,13H,7-10H2,1-2H3,(H,17,18). The molecule has 1 fully saturated rings. The number of nitrogens with zero attached hydrogens (tertiary/aromatic N) is 1. The third-order valence-corrected chi connectivity index (χ3v) is 3.73. The van der Waals surface area contributed by atoms with Crippen LogP contribution in [-0.4, -0.2) is 54.9 Å². The maximum Gasteiger partial charge on any atom is 0.323 e. The molecule has 1 aliphatic rings. The third kappa shape index (κ3) is 3.29. The molecule has 110 valence electrons. The van der Waals surface area contributed by atoms with Crippen molar-refractivity contribution in [2.45, 2.75) is 25.4 Å². The van der Waals surface area contributed by atoms with Gasteiger partial charge in [0.25, 0.3) is 0 Å². The molecular formula is C15H21NO4. The second-order valence-electron chi connectivity index (χ2n) is 5.03. The SMILES string of the molecule is COc1ccccc1CC(C)N1CCOCC1C(=O)O. The lowest BCUT2D eigenvalue weighted by atomic mass is 10.0. The van der Waals surface area contributed by atoms with Gasteiger partial charge in [-0.25, -0.2) is 0 Å². The lowest BCUT2D eigenvalue weighted by molar-refractivity contribution is -0.151. The van der Waals surface area contributed by atoms with E-state index in [9.17, 15) is 9.90 Å². The Balaban J connectivity index is 2.09.